The Labute approximate surface area is 352 Å². The quantitative estimate of drug-likeness (QED) is 0.161. The summed E-state index contributed by atoms with van der Waals surface area (Å²) in [5, 5.41) is 1.35. The lowest BCUT2D eigenvalue weighted by molar-refractivity contribution is 0.331. The van der Waals surface area contributed by atoms with E-state index in [0.29, 0.717) is 0 Å². The topological polar surface area (TPSA) is 6.48 Å². The van der Waals surface area contributed by atoms with Crippen LogP contribution in [-0.2, 0) is 27.1 Å². The summed E-state index contributed by atoms with van der Waals surface area (Å²) >= 11 is 2.01. The normalized spacial score (nSPS) is 19.3. The molecule has 0 saturated carbocycles. The Balaban J connectivity index is 1.34. The van der Waals surface area contributed by atoms with Crippen LogP contribution in [0.2, 0.25) is 0 Å². The SMILES string of the molecule is Cc1cc2c3c(c1)N(c1ccc(C(C)(C)C)cc1C)c1c(sc4ccccc14)B3c1ccc3c(c1N2c1ccc2c(c1)C(C)(C)CCC2(C)C)C(C)(C)CCC3(C)C. The van der Waals surface area contributed by atoms with Gasteiger partial charge in [-0.05, 0) is 153 Å². The number of nitrogens with zero attached hydrogens (tertiary/aromatic N) is 2. The van der Waals surface area contributed by atoms with E-state index < -0.39 is 0 Å². The van der Waals surface area contributed by atoms with E-state index >= 15 is 0 Å². The molecule has 0 N–H and O–H groups in total. The van der Waals surface area contributed by atoms with Gasteiger partial charge >= 0.3 is 0 Å². The zero-order valence-corrected chi connectivity index (χ0v) is 38.1. The van der Waals surface area contributed by atoms with Crippen LogP contribution in [0.25, 0.3) is 10.1 Å². The van der Waals surface area contributed by atoms with Crippen molar-refractivity contribution in [2.45, 2.75) is 143 Å². The molecule has 5 aromatic carbocycles. The van der Waals surface area contributed by atoms with Crippen LogP contribution in [0.4, 0.5) is 34.1 Å². The van der Waals surface area contributed by atoms with Gasteiger partial charge in [0.2, 0.25) is 0 Å². The van der Waals surface area contributed by atoms with Crippen LogP contribution < -0.4 is 25.5 Å². The van der Waals surface area contributed by atoms with Crippen molar-refractivity contribution in [2.24, 2.45) is 0 Å². The van der Waals surface area contributed by atoms with Gasteiger partial charge < -0.3 is 9.80 Å². The largest absolute Gasteiger partial charge is 0.311 e. The summed E-state index contributed by atoms with van der Waals surface area (Å²) in [6.07, 6.45) is 4.78. The Hall–Kier alpha value is -4.28. The van der Waals surface area contributed by atoms with Crippen LogP contribution in [0, 0.1) is 13.8 Å². The van der Waals surface area contributed by atoms with Crippen LogP contribution in [0.15, 0.2) is 84.9 Å². The van der Waals surface area contributed by atoms with Crippen molar-refractivity contribution in [1.82, 2.24) is 0 Å². The lowest BCUT2D eigenvalue weighted by Crippen LogP contribution is -2.61. The Morgan fingerprint density at radius 1 is 0.586 bits per heavy atom. The Kier molecular flexibility index (Phi) is 7.96. The molecule has 10 rings (SSSR count). The molecule has 0 atom stereocenters. The highest BCUT2D eigenvalue weighted by atomic mass is 32.1. The van der Waals surface area contributed by atoms with Crippen molar-refractivity contribution in [3.63, 3.8) is 0 Å². The van der Waals surface area contributed by atoms with Gasteiger partial charge in [0.05, 0.1) is 5.69 Å². The number of hydrogen-bond donors (Lipinski definition) is 0. The molecule has 0 saturated heterocycles. The first kappa shape index (κ1) is 38.0. The molecule has 0 amide bonds. The number of thiophene rings is 1. The minimum atomic E-state index is 0.0175. The molecule has 0 radical (unpaired) electrons. The van der Waals surface area contributed by atoms with Crippen LogP contribution >= 0.6 is 11.3 Å². The second-order valence-corrected chi connectivity index (χ2v) is 23.2. The van der Waals surface area contributed by atoms with Crippen molar-refractivity contribution in [3.8, 4) is 0 Å². The van der Waals surface area contributed by atoms with Crippen molar-refractivity contribution >= 4 is 78.0 Å². The fourth-order valence-corrected chi connectivity index (χ4v) is 12.7. The molecule has 0 unspecified atom stereocenters. The second-order valence-electron chi connectivity index (χ2n) is 22.1. The maximum atomic E-state index is 2.75. The second kappa shape index (κ2) is 12.2. The molecule has 58 heavy (non-hydrogen) atoms. The molecule has 6 aromatic rings. The summed E-state index contributed by atoms with van der Waals surface area (Å²) in [4.78, 5) is 5.41. The van der Waals surface area contributed by atoms with Crippen LogP contribution in [-0.4, -0.2) is 6.71 Å². The van der Waals surface area contributed by atoms with E-state index in [1.165, 1.54) is 119 Å². The first-order valence-corrected chi connectivity index (χ1v) is 22.7. The summed E-state index contributed by atoms with van der Waals surface area (Å²) in [5.74, 6) is 0. The summed E-state index contributed by atoms with van der Waals surface area (Å²) < 4.78 is 2.82. The van der Waals surface area contributed by atoms with E-state index in [4.69, 9.17) is 0 Å². The van der Waals surface area contributed by atoms with E-state index in [2.05, 4.69) is 185 Å². The number of fused-ring (bicyclic) bond motifs is 9. The third-order valence-corrected chi connectivity index (χ3v) is 16.3. The summed E-state index contributed by atoms with van der Waals surface area (Å²) in [5.41, 5.74) is 21.4. The van der Waals surface area contributed by atoms with Gasteiger partial charge in [0.1, 0.15) is 0 Å². The minimum Gasteiger partial charge on any atom is -0.311 e. The maximum Gasteiger partial charge on any atom is 0.264 e. The Morgan fingerprint density at radius 3 is 1.90 bits per heavy atom. The van der Waals surface area contributed by atoms with Gasteiger partial charge in [0, 0.05) is 43.3 Å². The smallest absolute Gasteiger partial charge is 0.264 e. The molecule has 296 valence electrons. The van der Waals surface area contributed by atoms with Crippen molar-refractivity contribution in [2.75, 3.05) is 9.80 Å². The molecule has 1 aromatic heterocycles. The molecule has 3 heterocycles. The average molecular weight is 781 g/mol. The molecule has 0 bridgehead atoms. The molecular formula is C54H61BN2S. The monoisotopic (exact) mass is 780 g/mol. The highest BCUT2D eigenvalue weighted by Crippen LogP contribution is 2.56. The summed E-state index contributed by atoms with van der Waals surface area (Å²) in [7, 11) is 0. The number of rotatable bonds is 2. The fraction of sp³-hybridized carbons (Fsp3) is 0.407. The van der Waals surface area contributed by atoms with Gasteiger partial charge in [-0.2, -0.15) is 0 Å². The van der Waals surface area contributed by atoms with E-state index in [1.54, 1.807) is 5.56 Å². The molecule has 2 aliphatic carbocycles. The first-order chi connectivity index (χ1) is 27.2. The highest BCUT2D eigenvalue weighted by Gasteiger charge is 2.50. The fourth-order valence-electron chi connectivity index (χ4n) is 11.4. The number of hydrogen-bond acceptors (Lipinski definition) is 3. The number of benzene rings is 5. The zero-order valence-electron chi connectivity index (χ0n) is 37.3. The lowest BCUT2D eigenvalue weighted by atomic mass is 9.35. The first-order valence-electron chi connectivity index (χ1n) is 21.9. The van der Waals surface area contributed by atoms with Crippen LogP contribution in [0.3, 0.4) is 0 Å². The van der Waals surface area contributed by atoms with Crippen molar-refractivity contribution in [1.29, 1.82) is 0 Å². The van der Waals surface area contributed by atoms with Gasteiger partial charge in [-0.1, -0.05) is 125 Å². The summed E-state index contributed by atoms with van der Waals surface area (Å²) in [6, 6.07) is 34.1. The molecular weight excluding hydrogens is 719 g/mol. The van der Waals surface area contributed by atoms with Crippen molar-refractivity contribution < 1.29 is 0 Å². The molecule has 4 heteroatoms. The molecule has 2 aliphatic heterocycles. The van der Waals surface area contributed by atoms with Gasteiger partial charge in [-0.25, -0.2) is 0 Å². The number of anilines is 6. The molecule has 0 spiro atoms. The van der Waals surface area contributed by atoms with Crippen molar-refractivity contribution in [3.05, 3.63) is 124 Å². The molecule has 4 aliphatic rings. The van der Waals surface area contributed by atoms with Gasteiger partial charge in [-0.3, -0.25) is 0 Å². The Bertz CT molecular complexity index is 2720. The third kappa shape index (κ3) is 5.35. The predicted molar refractivity (Wildman–Crippen MR) is 255 cm³/mol. The van der Waals surface area contributed by atoms with Gasteiger partial charge in [-0.15, -0.1) is 11.3 Å². The van der Waals surface area contributed by atoms with E-state index in [0.717, 1.165) is 0 Å². The van der Waals surface area contributed by atoms with E-state index in [9.17, 15) is 0 Å². The van der Waals surface area contributed by atoms with E-state index in [-0.39, 0.29) is 33.8 Å². The molecule has 2 nitrogen and oxygen atoms in total. The van der Waals surface area contributed by atoms with Crippen LogP contribution in [0.5, 0.6) is 0 Å². The molecule has 0 fully saturated rings. The summed E-state index contributed by atoms with van der Waals surface area (Å²) in [6.45, 7) is 31.6. The van der Waals surface area contributed by atoms with Gasteiger partial charge in [0.15, 0.2) is 0 Å². The standard InChI is InChI=1S/C54H61BN2S/c1-32-28-42-46-43(29-32)57(41-23-18-34(30-33(41)2)50(3,4)5)47-36-16-14-15-17-44(36)58-49(47)55(46)40-22-21-38-45(54(12,13)27-26-52(38,8)9)48(40)56(42)35-19-20-37-39(31-35)53(10,11)25-24-51(37,6)7/h14-23,28-31H,24-27H2,1-13H3. The van der Waals surface area contributed by atoms with E-state index in [1.807, 2.05) is 11.3 Å². The highest BCUT2D eigenvalue weighted by molar-refractivity contribution is 7.33. The lowest BCUT2D eigenvalue weighted by Gasteiger charge is -2.49. The van der Waals surface area contributed by atoms with Crippen LogP contribution in [0.1, 0.15) is 141 Å². The number of aryl methyl sites for hydroxylation is 2. The average Bonchev–Trinajstić information content (AvgIpc) is 3.54. The third-order valence-electron chi connectivity index (χ3n) is 15.1. The predicted octanol–water partition coefficient (Wildman–Crippen LogP) is 13.6. The minimum absolute atomic E-state index is 0.0175. The zero-order chi connectivity index (χ0) is 41.1. The Morgan fingerprint density at radius 2 is 1.21 bits per heavy atom. The maximum absolute atomic E-state index is 2.75. The van der Waals surface area contributed by atoms with Gasteiger partial charge in [0.25, 0.3) is 6.71 Å².